The number of nitrogens with zero attached hydrogens (tertiary/aromatic N) is 1. The van der Waals surface area contributed by atoms with Gasteiger partial charge in [0, 0.05) is 18.7 Å². The van der Waals surface area contributed by atoms with Crippen molar-refractivity contribution in [2.75, 3.05) is 5.32 Å². The van der Waals surface area contributed by atoms with Gasteiger partial charge in [-0.1, -0.05) is 12.1 Å². The Bertz CT molecular complexity index is 799. The fraction of sp³-hybridized carbons (Fsp3) is 0.125. The zero-order chi connectivity index (χ0) is 15.5. The molecule has 0 aliphatic heterocycles. The van der Waals surface area contributed by atoms with Crippen molar-refractivity contribution in [3.8, 4) is 5.75 Å². The molecule has 0 aliphatic rings. The zero-order valence-electron chi connectivity index (χ0n) is 11.8. The fourth-order valence-corrected chi connectivity index (χ4v) is 2.90. The van der Waals surface area contributed by atoms with Gasteiger partial charge in [-0.25, -0.2) is 9.37 Å². The van der Waals surface area contributed by atoms with Crippen LogP contribution in [0.15, 0.2) is 42.5 Å². The van der Waals surface area contributed by atoms with E-state index in [1.807, 2.05) is 24.3 Å². The van der Waals surface area contributed by atoms with Gasteiger partial charge in [0.25, 0.3) is 0 Å². The number of aromatic nitrogens is 1. The molecular formula is C16H13FN2O2S. The lowest BCUT2D eigenvalue weighted by Gasteiger charge is -2.07. The highest BCUT2D eigenvalue weighted by atomic mass is 32.1. The average molecular weight is 316 g/mol. The Labute approximate surface area is 130 Å². The van der Waals surface area contributed by atoms with Crippen molar-refractivity contribution in [1.29, 1.82) is 0 Å². The maximum atomic E-state index is 13.9. The molecule has 1 N–H and O–H groups in total. The smallest absolute Gasteiger partial charge is 0.221 e. The van der Waals surface area contributed by atoms with Crippen LogP contribution >= 0.6 is 11.3 Å². The number of hydrogen-bond donors (Lipinski definition) is 1. The first-order valence-electron chi connectivity index (χ1n) is 6.66. The summed E-state index contributed by atoms with van der Waals surface area (Å²) in [6.45, 7) is 1.57. The van der Waals surface area contributed by atoms with Crippen molar-refractivity contribution in [2.45, 2.75) is 13.5 Å². The van der Waals surface area contributed by atoms with E-state index in [1.54, 1.807) is 6.07 Å². The molecule has 0 spiro atoms. The molecule has 1 aromatic heterocycles. The van der Waals surface area contributed by atoms with Crippen LogP contribution in [-0.4, -0.2) is 10.9 Å². The van der Waals surface area contributed by atoms with Crippen LogP contribution in [0.2, 0.25) is 0 Å². The Morgan fingerprint density at radius 2 is 2.14 bits per heavy atom. The number of amides is 1. The Kier molecular flexibility index (Phi) is 4.02. The van der Waals surface area contributed by atoms with E-state index < -0.39 is 5.82 Å². The maximum absolute atomic E-state index is 13.9. The third-order valence-electron chi connectivity index (χ3n) is 2.94. The minimum Gasteiger partial charge on any atom is -0.483 e. The van der Waals surface area contributed by atoms with E-state index in [-0.39, 0.29) is 18.3 Å². The second kappa shape index (κ2) is 6.11. The van der Waals surface area contributed by atoms with Gasteiger partial charge >= 0.3 is 0 Å². The number of anilines is 1. The minimum atomic E-state index is -0.521. The molecule has 1 amide bonds. The lowest BCUT2D eigenvalue weighted by molar-refractivity contribution is -0.114. The normalized spacial score (nSPS) is 10.6. The number of para-hydroxylation sites is 1. The number of carbonyl (C=O) groups is 1. The molecule has 3 aromatic rings. The SMILES string of the molecule is CC(=O)Nc1ccc(OCc2nc3ccccc3s2)c(F)c1. The second-order valence-electron chi connectivity index (χ2n) is 4.69. The molecule has 0 atom stereocenters. The largest absolute Gasteiger partial charge is 0.483 e. The molecule has 1 heterocycles. The fourth-order valence-electron chi connectivity index (χ4n) is 2.02. The first kappa shape index (κ1) is 14.5. The molecule has 0 saturated heterocycles. The van der Waals surface area contributed by atoms with Gasteiger partial charge in [0.15, 0.2) is 11.6 Å². The number of rotatable bonds is 4. The van der Waals surface area contributed by atoms with Gasteiger partial charge in [-0.2, -0.15) is 0 Å². The summed E-state index contributed by atoms with van der Waals surface area (Å²) in [6, 6.07) is 12.1. The molecule has 0 fully saturated rings. The summed E-state index contributed by atoms with van der Waals surface area (Å²) in [5, 5.41) is 3.30. The number of hydrogen-bond acceptors (Lipinski definition) is 4. The van der Waals surface area contributed by atoms with Gasteiger partial charge in [0.1, 0.15) is 11.6 Å². The number of fused-ring (bicyclic) bond motifs is 1. The van der Waals surface area contributed by atoms with E-state index in [2.05, 4.69) is 10.3 Å². The van der Waals surface area contributed by atoms with E-state index in [1.165, 1.54) is 30.4 Å². The molecule has 0 aliphatic carbocycles. The lowest BCUT2D eigenvalue weighted by Crippen LogP contribution is -2.06. The topological polar surface area (TPSA) is 51.2 Å². The molecular weight excluding hydrogens is 303 g/mol. The van der Waals surface area contributed by atoms with Crippen molar-refractivity contribution in [1.82, 2.24) is 4.98 Å². The third kappa shape index (κ3) is 3.23. The molecule has 3 rings (SSSR count). The lowest BCUT2D eigenvalue weighted by atomic mass is 10.3. The van der Waals surface area contributed by atoms with Crippen LogP contribution in [0.4, 0.5) is 10.1 Å². The molecule has 0 bridgehead atoms. The standard InChI is InChI=1S/C16H13FN2O2S/c1-10(20)18-11-6-7-14(12(17)8-11)21-9-16-19-13-4-2-3-5-15(13)22-16/h2-8H,9H2,1H3,(H,18,20). The molecule has 0 unspecified atom stereocenters. The van der Waals surface area contributed by atoms with E-state index >= 15 is 0 Å². The van der Waals surface area contributed by atoms with Gasteiger partial charge in [-0.3, -0.25) is 4.79 Å². The Hall–Kier alpha value is -2.47. The van der Waals surface area contributed by atoms with Crippen molar-refractivity contribution in [3.05, 3.63) is 53.3 Å². The highest BCUT2D eigenvalue weighted by molar-refractivity contribution is 7.18. The molecule has 22 heavy (non-hydrogen) atoms. The third-order valence-corrected chi connectivity index (χ3v) is 3.95. The predicted octanol–water partition coefficient (Wildman–Crippen LogP) is 3.97. The molecule has 2 aromatic carbocycles. The number of benzene rings is 2. The van der Waals surface area contributed by atoms with Crippen molar-refractivity contribution >= 4 is 33.1 Å². The van der Waals surface area contributed by atoms with Crippen LogP contribution in [0.3, 0.4) is 0 Å². The summed E-state index contributed by atoms with van der Waals surface area (Å²) in [5.41, 5.74) is 1.31. The maximum Gasteiger partial charge on any atom is 0.221 e. The number of halogens is 1. The van der Waals surface area contributed by atoms with Gasteiger partial charge in [0.2, 0.25) is 5.91 Å². The van der Waals surface area contributed by atoms with Crippen molar-refractivity contribution in [3.63, 3.8) is 0 Å². The van der Waals surface area contributed by atoms with Crippen LogP contribution in [0.1, 0.15) is 11.9 Å². The molecule has 0 radical (unpaired) electrons. The number of nitrogens with one attached hydrogen (secondary N) is 1. The summed E-state index contributed by atoms with van der Waals surface area (Å²) < 4.78 is 20.5. The van der Waals surface area contributed by atoms with E-state index in [9.17, 15) is 9.18 Å². The molecule has 4 nitrogen and oxygen atoms in total. The summed E-state index contributed by atoms with van der Waals surface area (Å²) in [7, 11) is 0. The minimum absolute atomic E-state index is 0.133. The number of ether oxygens (including phenoxy) is 1. The molecule has 6 heteroatoms. The number of thiazole rings is 1. The molecule has 0 saturated carbocycles. The van der Waals surface area contributed by atoms with Crippen LogP contribution < -0.4 is 10.1 Å². The zero-order valence-corrected chi connectivity index (χ0v) is 12.6. The van der Waals surface area contributed by atoms with Crippen molar-refractivity contribution in [2.24, 2.45) is 0 Å². The summed E-state index contributed by atoms with van der Waals surface area (Å²) in [5.74, 6) is -0.636. The van der Waals surface area contributed by atoms with Crippen molar-refractivity contribution < 1.29 is 13.9 Å². The summed E-state index contributed by atoms with van der Waals surface area (Å²) in [6.07, 6.45) is 0. The first-order chi connectivity index (χ1) is 10.6. The molecule has 112 valence electrons. The van der Waals surface area contributed by atoms with Gasteiger partial charge < -0.3 is 10.1 Å². The summed E-state index contributed by atoms with van der Waals surface area (Å²) in [4.78, 5) is 15.4. The Balaban J connectivity index is 1.71. The van der Waals surface area contributed by atoms with Crippen LogP contribution in [0, 0.1) is 5.82 Å². The number of carbonyl (C=O) groups excluding carboxylic acids is 1. The van der Waals surface area contributed by atoms with Crippen LogP contribution in [0.25, 0.3) is 10.2 Å². The highest BCUT2D eigenvalue weighted by Gasteiger charge is 2.08. The first-order valence-corrected chi connectivity index (χ1v) is 7.48. The van der Waals surface area contributed by atoms with E-state index in [4.69, 9.17) is 4.74 Å². The van der Waals surface area contributed by atoms with E-state index in [0.717, 1.165) is 15.2 Å². The summed E-state index contributed by atoms with van der Waals surface area (Å²) >= 11 is 1.52. The predicted molar refractivity (Wildman–Crippen MR) is 84.7 cm³/mol. The van der Waals surface area contributed by atoms with Gasteiger partial charge in [-0.15, -0.1) is 11.3 Å². The monoisotopic (exact) mass is 316 g/mol. The van der Waals surface area contributed by atoms with Crippen LogP contribution in [-0.2, 0) is 11.4 Å². The van der Waals surface area contributed by atoms with Gasteiger partial charge in [-0.05, 0) is 24.3 Å². The Morgan fingerprint density at radius 1 is 1.32 bits per heavy atom. The van der Waals surface area contributed by atoms with E-state index in [0.29, 0.717) is 5.69 Å². The second-order valence-corrected chi connectivity index (χ2v) is 5.81. The highest BCUT2D eigenvalue weighted by Crippen LogP contribution is 2.25. The van der Waals surface area contributed by atoms with Gasteiger partial charge in [0.05, 0.1) is 10.2 Å². The Morgan fingerprint density at radius 3 is 2.86 bits per heavy atom. The van der Waals surface area contributed by atoms with Crippen LogP contribution in [0.5, 0.6) is 5.75 Å². The quantitative estimate of drug-likeness (QED) is 0.792. The average Bonchev–Trinajstić information content (AvgIpc) is 2.88.